The van der Waals surface area contributed by atoms with Gasteiger partial charge in [-0.25, -0.2) is 0 Å². The first-order valence-corrected chi connectivity index (χ1v) is 6.23. The van der Waals surface area contributed by atoms with E-state index in [-0.39, 0.29) is 16.0 Å². The molecule has 2 heterocycles. The Kier molecular flexibility index (Phi) is 3.52. The van der Waals surface area contributed by atoms with Crippen LogP contribution in [-0.4, -0.2) is 29.0 Å². The number of thiophene rings is 1. The van der Waals surface area contributed by atoms with Crippen LogP contribution in [0.1, 0.15) is 18.4 Å². The zero-order chi connectivity index (χ0) is 11.5. The first-order valence-electron chi connectivity index (χ1n) is 5.35. The van der Waals surface area contributed by atoms with Crippen LogP contribution in [0.15, 0.2) is 11.4 Å². The van der Waals surface area contributed by atoms with Crippen molar-refractivity contribution in [3.63, 3.8) is 0 Å². The van der Waals surface area contributed by atoms with Crippen LogP contribution in [0.3, 0.4) is 0 Å². The maximum atomic E-state index is 10.5. The van der Waals surface area contributed by atoms with Crippen LogP contribution in [0.4, 0.5) is 5.00 Å². The van der Waals surface area contributed by atoms with Crippen molar-refractivity contribution in [2.75, 3.05) is 13.1 Å². The smallest absolute Gasteiger partial charge is 0.324 e. The van der Waals surface area contributed by atoms with Crippen molar-refractivity contribution in [2.24, 2.45) is 5.73 Å². The van der Waals surface area contributed by atoms with E-state index in [9.17, 15) is 10.1 Å². The van der Waals surface area contributed by atoms with E-state index in [4.69, 9.17) is 5.73 Å². The first kappa shape index (κ1) is 11.5. The highest BCUT2D eigenvalue weighted by molar-refractivity contribution is 7.13. The van der Waals surface area contributed by atoms with Gasteiger partial charge in [0.1, 0.15) is 0 Å². The van der Waals surface area contributed by atoms with E-state index in [1.54, 1.807) is 6.07 Å². The molecule has 1 aromatic heterocycles. The van der Waals surface area contributed by atoms with Gasteiger partial charge in [-0.1, -0.05) is 11.3 Å². The summed E-state index contributed by atoms with van der Waals surface area (Å²) in [7, 11) is 0. The Labute approximate surface area is 98.0 Å². The number of nitrogens with zero attached hydrogens (tertiary/aromatic N) is 2. The van der Waals surface area contributed by atoms with Gasteiger partial charge in [-0.05, 0) is 24.9 Å². The summed E-state index contributed by atoms with van der Waals surface area (Å²) in [6.07, 6.45) is 2.20. The van der Waals surface area contributed by atoms with Gasteiger partial charge < -0.3 is 5.73 Å². The van der Waals surface area contributed by atoms with Crippen LogP contribution in [0, 0.1) is 10.1 Å². The third-order valence-corrected chi connectivity index (χ3v) is 3.70. The number of hydrogen-bond acceptors (Lipinski definition) is 5. The van der Waals surface area contributed by atoms with Crippen molar-refractivity contribution in [3.8, 4) is 0 Å². The Balaban J connectivity index is 1.95. The zero-order valence-electron chi connectivity index (χ0n) is 8.96. The summed E-state index contributed by atoms with van der Waals surface area (Å²) in [6, 6.07) is 1.91. The quantitative estimate of drug-likeness (QED) is 0.644. The Morgan fingerprint density at radius 1 is 1.69 bits per heavy atom. The summed E-state index contributed by atoms with van der Waals surface area (Å²) in [5.41, 5.74) is 6.90. The molecule has 1 unspecified atom stereocenters. The minimum Gasteiger partial charge on any atom is -0.327 e. The van der Waals surface area contributed by atoms with Crippen LogP contribution in [-0.2, 0) is 6.54 Å². The van der Waals surface area contributed by atoms with Gasteiger partial charge in [-0.3, -0.25) is 15.0 Å². The maximum Gasteiger partial charge on any atom is 0.324 e. The average molecular weight is 241 g/mol. The van der Waals surface area contributed by atoms with Crippen molar-refractivity contribution in [1.29, 1.82) is 0 Å². The van der Waals surface area contributed by atoms with Gasteiger partial charge in [0.15, 0.2) is 0 Å². The van der Waals surface area contributed by atoms with E-state index in [1.165, 1.54) is 11.3 Å². The van der Waals surface area contributed by atoms with Gasteiger partial charge in [-0.15, -0.1) is 0 Å². The predicted molar refractivity (Wildman–Crippen MR) is 63.5 cm³/mol. The predicted octanol–water partition coefficient (Wildman–Crippen LogP) is 1.58. The molecule has 1 atom stereocenters. The lowest BCUT2D eigenvalue weighted by Gasteiger charge is -2.30. The SMILES string of the molecule is NC1CCCN(Cc2csc([N+](=O)[O-])c2)C1. The van der Waals surface area contributed by atoms with Gasteiger partial charge in [0.25, 0.3) is 0 Å². The molecule has 1 aromatic rings. The second-order valence-corrected chi connectivity index (χ2v) is 5.08. The van der Waals surface area contributed by atoms with Crippen LogP contribution < -0.4 is 5.73 Å². The molecule has 6 heteroatoms. The van der Waals surface area contributed by atoms with Gasteiger partial charge in [0.2, 0.25) is 0 Å². The van der Waals surface area contributed by atoms with E-state index in [0.29, 0.717) is 0 Å². The van der Waals surface area contributed by atoms with Crippen molar-refractivity contribution in [3.05, 3.63) is 27.1 Å². The van der Waals surface area contributed by atoms with E-state index in [1.807, 2.05) is 5.38 Å². The number of rotatable bonds is 3. The fourth-order valence-corrected chi connectivity index (χ4v) is 2.75. The van der Waals surface area contributed by atoms with Crippen LogP contribution >= 0.6 is 11.3 Å². The molecule has 16 heavy (non-hydrogen) atoms. The minimum atomic E-state index is -0.337. The average Bonchev–Trinajstić information content (AvgIpc) is 2.66. The largest absolute Gasteiger partial charge is 0.327 e. The Morgan fingerprint density at radius 3 is 3.12 bits per heavy atom. The number of nitrogens with two attached hydrogens (primary N) is 1. The highest BCUT2D eigenvalue weighted by Gasteiger charge is 2.18. The standard InChI is InChI=1S/C10H15N3O2S/c11-9-2-1-3-12(6-9)5-8-4-10(13(14)15)16-7-8/h4,7,9H,1-3,5-6,11H2. The molecule has 0 bridgehead atoms. The molecular weight excluding hydrogens is 226 g/mol. The molecule has 5 nitrogen and oxygen atoms in total. The van der Waals surface area contributed by atoms with Crippen LogP contribution in [0.2, 0.25) is 0 Å². The van der Waals surface area contributed by atoms with Crippen molar-refractivity contribution in [1.82, 2.24) is 4.90 Å². The minimum absolute atomic E-state index is 0.219. The highest BCUT2D eigenvalue weighted by Crippen LogP contribution is 2.24. The molecule has 1 aliphatic rings. The summed E-state index contributed by atoms with van der Waals surface area (Å²) in [5, 5.41) is 12.6. The molecule has 0 aromatic carbocycles. The third kappa shape index (κ3) is 2.78. The van der Waals surface area contributed by atoms with Crippen molar-refractivity contribution >= 4 is 16.3 Å². The summed E-state index contributed by atoms with van der Waals surface area (Å²) in [5.74, 6) is 0. The second-order valence-electron chi connectivity index (χ2n) is 4.19. The second kappa shape index (κ2) is 4.90. The molecule has 2 N–H and O–H groups in total. The third-order valence-electron chi connectivity index (χ3n) is 2.77. The molecule has 0 spiro atoms. The van der Waals surface area contributed by atoms with Crippen molar-refractivity contribution < 1.29 is 4.92 Å². The van der Waals surface area contributed by atoms with Crippen LogP contribution in [0.5, 0.6) is 0 Å². The topological polar surface area (TPSA) is 72.4 Å². The molecule has 88 valence electrons. The fraction of sp³-hybridized carbons (Fsp3) is 0.600. The summed E-state index contributed by atoms with van der Waals surface area (Å²) in [4.78, 5) is 12.5. The molecule has 0 aliphatic carbocycles. The molecule has 1 aliphatic heterocycles. The summed E-state index contributed by atoms with van der Waals surface area (Å²) in [6.45, 7) is 2.71. The first-order chi connectivity index (χ1) is 7.65. The van der Waals surface area contributed by atoms with Crippen molar-refractivity contribution in [2.45, 2.75) is 25.4 Å². The molecule has 0 amide bonds. The molecule has 2 rings (SSSR count). The Hall–Kier alpha value is -0.980. The lowest BCUT2D eigenvalue weighted by Crippen LogP contribution is -2.42. The molecule has 0 saturated carbocycles. The number of hydrogen-bond donors (Lipinski definition) is 1. The fourth-order valence-electron chi connectivity index (χ4n) is 2.03. The van der Waals surface area contributed by atoms with E-state index < -0.39 is 0 Å². The van der Waals surface area contributed by atoms with E-state index in [2.05, 4.69) is 4.90 Å². The van der Waals surface area contributed by atoms with Gasteiger partial charge in [0, 0.05) is 30.6 Å². The normalized spacial score (nSPS) is 22.2. The Morgan fingerprint density at radius 2 is 2.50 bits per heavy atom. The molecular formula is C10H15N3O2S. The van der Waals surface area contributed by atoms with E-state index >= 15 is 0 Å². The molecule has 1 saturated heterocycles. The monoisotopic (exact) mass is 241 g/mol. The number of piperidine rings is 1. The maximum absolute atomic E-state index is 10.5. The zero-order valence-corrected chi connectivity index (χ0v) is 9.78. The van der Waals surface area contributed by atoms with Gasteiger partial charge in [0.05, 0.1) is 4.92 Å². The van der Waals surface area contributed by atoms with Gasteiger partial charge in [-0.2, -0.15) is 0 Å². The van der Waals surface area contributed by atoms with Gasteiger partial charge >= 0.3 is 5.00 Å². The number of nitro groups is 1. The Bertz CT molecular complexity index is 380. The molecule has 1 fully saturated rings. The lowest BCUT2D eigenvalue weighted by molar-refractivity contribution is -0.380. The summed E-state index contributed by atoms with van der Waals surface area (Å²) < 4.78 is 0. The molecule has 0 radical (unpaired) electrons. The number of likely N-dealkylation sites (tertiary alicyclic amines) is 1. The lowest BCUT2D eigenvalue weighted by atomic mass is 10.1. The van der Waals surface area contributed by atoms with E-state index in [0.717, 1.165) is 38.0 Å². The van der Waals surface area contributed by atoms with Crippen LogP contribution in [0.25, 0.3) is 0 Å². The summed E-state index contributed by atoms with van der Waals surface area (Å²) >= 11 is 1.19. The highest BCUT2D eigenvalue weighted by atomic mass is 32.1.